The van der Waals surface area contributed by atoms with E-state index in [4.69, 9.17) is 9.47 Å². The number of hydrogen-bond acceptors (Lipinski definition) is 5. The number of alkyl halides is 2. The molecule has 0 aromatic heterocycles. The summed E-state index contributed by atoms with van der Waals surface area (Å²) in [7, 11) is 1.46. The first-order valence-electron chi connectivity index (χ1n) is 10.0. The molecule has 0 aliphatic heterocycles. The Balaban J connectivity index is 1.98. The Morgan fingerprint density at radius 3 is 2.41 bits per heavy atom. The third kappa shape index (κ3) is 7.57. The van der Waals surface area contributed by atoms with E-state index in [0.717, 1.165) is 0 Å². The Kier molecular flexibility index (Phi) is 9.46. The molecule has 2 rings (SSSR count). The second-order valence-electron chi connectivity index (χ2n) is 6.52. The molecular formula is C23H26F2N2O5. The first kappa shape index (κ1) is 24.6. The topological polar surface area (TPSA) is 77.1 Å². The second kappa shape index (κ2) is 12.3. The standard InChI is InChI=1S/C23H26F2N2O5/c1-4-30-19-12-11-17(14-20(19)31-5-2)26-21(28)15-27(3)22(29)13-10-16-8-6-7-9-18(16)32-23(24)25/h6-14,23H,4-5,15H2,1-3H3,(H,26,28)/b13-10+. The summed E-state index contributed by atoms with van der Waals surface area (Å²) in [6.07, 6.45) is 2.54. The smallest absolute Gasteiger partial charge is 0.387 e. The lowest BCUT2D eigenvalue weighted by Crippen LogP contribution is -2.33. The minimum atomic E-state index is -2.97. The summed E-state index contributed by atoms with van der Waals surface area (Å²) < 4.78 is 40.4. The van der Waals surface area contributed by atoms with E-state index in [1.165, 1.54) is 36.2 Å². The van der Waals surface area contributed by atoms with Crippen molar-refractivity contribution in [3.05, 3.63) is 54.1 Å². The first-order valence-corrected chi connectivity index (χ1v) is 10.0. The number of nitrogens with zero attached hydrogens (tertiary/aromatic N) is 1. The van der Waals surface area contributed by atoms with Gasteiger partial charge in [-0.1, -0.05) is 18.2 Å². The van der Waals surface area contributed by atoms with Crippen molar-refractivity contribution in [2.75, 3.05) is 32.1 Å². The molecule has 2 aromatic carbocycles. The molecule has 1 N–H and O–H groups in total. The summed E-state index contributed by atoms with van der Waals surface area (Å²) in [4.78, 5) is 25.9. The summed E-state index contributed by atoms with van der Waals surface area (Å²) in [6, 6.07) is 11.1. The lowest BCUT2D eigenvalue weighted by Gasteiger charge is -2.16. The molecule has 7 nitrogen and oxygen atoms in total. The number of carbonyl (C=O) groups excluding carboxylic acids is 2. The molecule has 32 heavy (non-hydrogen) atoms. The van der Waals surface area contributed by atoms with Crippen LogP contribution < -0.4 is 19.5 Å². The zero-order chi connectivity index (χ0) is 23.5. The zero-order valence-corrected chi connectivity index (χ0v) is 18.1. The Bertz CT molecular complexity index is 950. The summed E-state index contributed by atoms with van der Waals surface area (Å²) in [5, 5.41) is 2.70. The van der Waals surface area contributed by atoms with E-state index in [1.807, 2.05) is 13.8 Å². The van der Waals surface area contributed by atoms with Crippen molar-refractivity contribution >= 4 is 23.6 Å². The van der Waals surface area contributed by atoms with Gasteiger partial charge in [0.2, 0.25) is 11.8 Å². The fraction of sp³-hybridized carbons (Fsp3) is 0.304. The first-order chi connectivity index (χ1) is 15.3. The van der Waals surface area contributed by atoms with Gasteiger partial charge in [0.15, 0.2) is 11.5 Å². The number of para-hydroxylation sites is 1. The average Bonchev–Trinajstić information content (AvgIpc) is 2.74. The van der Waals surface area contributed by atoms with Crippen LogP contribution in [0.1, 0.15) is 19.4 Å². The number of amides is 2. The van der Waals surface area contributed by atoms with Crippen molar-refractivity contribution in [3.8, 4) is 17.2 Å². The van der Waals surface area contributed by atoms with Crippen molar-refractivity contribution in [3.63, 3.8) is 0 Å². The zero-order valence-electron chi connectivity index (χ0n) is 18.1. The largest absolute Gasteiger partial charge is 0.490 e. The van der Waals surface area contributed by atoms with E-state index in [2.05, 4.69) is 10.1 Å². The van der Waals surface area contributed by atoms with Crippen LogP contribution in [0.25, 0.3) is 6.08 Å². The van der Waals surface area contributed by atoms with E-state index in [-0.39, 0.29) is 12.3 Å². The number of carbonyl (C=O) groups is 2. The van der Waals surface area contributed by atoms with Crippen molar-refractivity contribution in [2.24, 2.45) is 0 Å². The van der Waals surface area contributed by atoms with Gasteiger partial charge in [0.25, 0.3) is 0 Å². The van der Waals surface area contributed by atoms with E-state index in [9.17, 15) is 18.4 Å². The molecule has 0 fully saturated rings. The van der Waals surface area contributed by atoms with Crippen molar-refractivity contribution in [2.45, 2.75) is 20.5 Å². The van der Waals surface area contributed by atoms with Crippen LogP contribution >= 0.6 is 0 Å². The Morgan fingerprint density at radius 1 is 1.03 bits per heavy atom. The van der Waals surface area contributed by atoms with Crippen molar-refractivity contribution in [1.29, 1.82) is 0 Å². The summed E-state index contributed by atoms with van der Waals surface area (Å²) in [5.74, 6) is 0.133. The molecule has 2 amide bonds. The summed E-state index contributed by atoms with van der Waals surface area (Å²) >= 11 is 0. The van der Waals surface area contributed by atoms with Crippen molar-refractivity contribution < 1.29 is 32.6 Å². The fourth-order valence-electron chi connectivity index (χ4n) is 2.73. The molecule has 0 radical (unpaired) electrons. The molecule has 2 aromatic rings. The highest BCUT2D eigenvalue weighted by atomic mass is 19.3. The molecule has 0 spiro atoms. The molecule has 0 aliphatic rings. The molecule has 0 saturated carbocycles. The highest BCUT2D eigenvalue weighted by Gasteiger charge is 2.13. The normalized spacial score (nSPS) is 10.8. The van der Waals surface area contributed by atoms with Crippen LogP contribution in [0.2, 0.25) is 0 Å². The predicted molar refractivity (Wildman–Crippen MR) is 117 cm³/mol. The molecule has 172 valence electrons. The lowest BCUT2D eigenvalue weighted by molar-refractivity contribution is -0.129. The number of likely N-dealkylation sites (N-methyl/N-ethyl adjacent to an activating group) is 1. The van der Waals surface area contributed by atoms with Gasteiger partial charge in [-0.25, -0.2) is 0 Å². The van der Waals surface area contributed by atoms with E-state index in [0.29, 0.717) is 36.0 Å². The number of ether oxygens (including phenoxy) is 3. The van der Waals surface area contributed by atoms with Crippen LogP contribution in [0, 0.1) is 0 Å². The highest BCUT2D eigenvalue weighted by Crippen LogP contribution is 2.30. The van der Waals surface area contributed by atoms with Gasteiger partial charge in [-0.05, 0) is 38.1 Å². The van der Waals surface area contributed by atoms with Crippen LogP contribution in [0.5, 0.6) is 17.2 Å². The fourth-order valence-corrected chi connectivity index (χ4v) is 2.73. The van der Waals surface area contributed by atoms with Crippen LogP contribution in [-0.4, -0.2) is 50.1 Å². The Morgan fingerprint density at radius 2 is 1.72 bits per heavy atom. The van der Waals surface area contributed by atoms with Gasteiger partial charge in [0.05, 0.1) is 19.8 Å². The van der Waals surface area contributed by atoms with Gasteiger partial charge in [-0.2, -0.15) is 8.78 Å². The lowest BCUT2D eigenvalue weighted by atomic mass is 10.2. The number of nitrogens with one attached hydrogen (secondary N) is 1. The van der Waals surface area contributed by atoms with Gasteiger partial charge < -0.3 is 24.4 Å². The van der Waals surface area contributed by atoms with Gasteiger partial charge in [0.1, 0.15) is 5.75 Å². The third-order valence-corrected chi connectivity index (χ3v) is 4.12. The highest BCUT2D eigenvalue weighted by molar-refractivity contribution is 5.98. The van der Waals surface area contributed by atoms with E-state index in [1.54, 1.807) is 30.3 Å². The molecule has 0 bridgehead atoms. The van der Waals surface area contributed by atoms with Gasteiger partial charge in [-0.3, -0.25) is 9.59 Å². The second-order valence-corrected chi connectivity index (χ2v) is 6.52. The maximum Gasteiger partial charge on any atom is 0.387 e. The average molecular weight is 448 g/mol. The molecule has 0 aliphatic carbocycles. The Hall–Kier alpha value is -3.62. The number of anilines is 1. The van der Waals surface area contributed by atoms with Crippen molar-refractivity contribution in [1.82, 2.24) is 4.90 Å². The van der Waals surface area contributed by atoms with Crippen LogP contribution in [0.3, 0.4) is 0 Å². The number of hydrogen-bond donors (Lipinski definition) is 1. The number of rotatable bonds is 11. The minimum absolute atomic E-state index is 0.0486. The monoisotopic (exact) mass is 448 g/mol. The summed E-state index contributed by atoms with van der Waals surface area (Å²) in [6.45, 7) is 1.43. The van der Waals surface area contributed by atoms with Gasteiger partial charge in [0, 0.05) is 30.4 Å². The molecule has 0 heterocycles. The van der Waals surface area contributed by atoms with Crippen LogP contribution in [-0.2, 0) is 9.59 Å². The van der Waals surface area contributed by atoms with Crippen LogP contribution in [0.15, 0.2) is 48.5 Å². The molecular weight excluding hydrogens is 422 g/mol. The van der Waals surface area contributed by atoms with E-state index < -0.39 is 18.4 Å². The predicted octanol–water partition coefficient (Wildman–Crippen LogP) is 4.20. The van der Waals surface area contributed by atoms with Gasteiger partial charge in [-0.15, -0.1) is 0 Å². The quantitative estimate of drug-likeness (QED) is 0.522. The third-order valence-electron chi connectivity index (χ3n) is 4.12. The molecule has 0 atom stereocenters. The number of halogens is 2. The maximum absolute atomic E-state index is 12.5. The molecule has 9 heteroatoms. The number of benzene rings is 2. The molecule has 0 unspecified atom stereocenters. The molecule has 0 saturated heterocycles. The Labute approximate surface area is 185 Å². The van der Waals surface area contributed by atoms with Gasteiger partial charge >= 0.3 is 6.61 Å². The SMILES string of the molecule is CCOc1ccc(NC(=O)CN(C)C(=O)/C=C/c2ccccc2OC(F)F)cc1OCC. The van der Waals surface area contributed by atoms with Crippen LogP contribution in [0.4, 0.5) is 14.5 Å². The van der Waals surface area contributed by atoms with E-state index >= 15 is 0 Å². The summed E-state index contributed by atoms with van der Waals surface area (Å²) in [5.41, 5.74) is 0.813. The minimum Gasteiger partial charge on any atom is -0.490 e. The maximum atomic E-state index is 12.5.